The van der Waals surface area contributed by atoms with Crippen molar-refractivity contribution in [1.82, 2.24) is 14.7 Å². The van der Waals surface area contributed by atoms with E-state index in [1.807, 2.05) is 23.1 Å². The number of carbonyl (C=O) groups is 1. The number of benzene rings is 1. The minimum atomic E-state index is 0.292. The number of amides is 1. The number of nitrogens with zero attached hydrogens (tertiary/aromatic N) is 3. The number of halogens is 1. The SMILES string of the molecule is COc1cc(Cl)ccc1CN1CCN(CC(=O)N2CCCC2)CC1. The van der Waals surface area contributed by atoms with Crippen LogP contribution < -0.4 is 4.74 Å². The van der Waals surface area contributed by atoms with Crippen molar-refractivity contribution in [2.24, 2.45) is 0 Å². The summed E-state index contributed by atoms with van der Waals surface area (Å²) in [5.41, 5.74) is 1.16. The maximum absolute atomic E-state index is 12.2. The molecule has 0 spiro atoms. The molecule has 0 bridgehead atoms. The van der Waals surface area contributed by atoms with Crippen LogP contribution in [-0.2, 0) is 11.3 Å². The van der Waals surface area contributed by atoms with E-state index in [2.05, 4.69) is 9.80 Å². The van der Waals surface area contributed by atoms with Crippen LogP contribution in [0.4, 0.5) is 0 Å². The van der Waals surface area contributed by atoms with Gasteiger partial charge in [0, 0.05) is 56.4 Å². The van der Waals surface area contributed by atoms with Crippen molar-refractivity contribution in [2.45, 2.75) is 19.4 Å². The van der Waals surface area contributed by atoms with Gasteiger partial charge in [0.05, 0.1) is 13.7 Å². The van der Waals surface area contributed by atoms with Crippen LogP contribution in [0.15, 0.2) is 18.2 Å². The number of piperazine rings is 1. The summed E-state index contributed by atoms with van der Waals surface area (Å²) in [5, 5.41) is 0.695. The average Bonchev–Trinajstić information content (AvgIpc) is 3.13. The van der Waals surface area contributed by atoms with E-state index in [0.717, 1.165) is 70.0 Å². The van der Waals surface area contributed by atoms with Crippen LogP contribution in [0.2, 0.25) is 5.02 Å². The fourth-order valence-corrected chi connectivity index (χ4v) is 3.62. The third-order valence-electron chi connectivity index (χ3n) is 4.93. The average molecular weight is 352 g/mol. The monoisotopic (exact) mass is 351 g/mol. The Morgan fingerprint density at radius 2 is 1.75 bits per heavy atom. The molecule has 2 fully saturated rings. The molecular weight excluding hydrogens is 326 g/mol. The fourth-order valence-electron chi connectivity index (χ4n) is 3.45. The molecule has 6 heteroatoms. The van der Waals surface area contributed by atoms with Crippen LogP contribution in [0.3, 0.4) is 0 Å². The third-order valence-corrected chi connectivity index (χ3v) is 5.16. The van der Waals surface area contributed by atoms with E-state index in [0.29, 0.717) is 17.5 Å². The van der Waals surface area contributed by atoms with Gasteiger partial charge in [0.25, 0.3) is 0 Å². The molecule has 0 unspecified atom stereocenters. The van der Waals surface area contributed by atoms with E-state index in [4.69, 9.17) is 16.3 Å². The van der Waals surface area contributed by atoms with Crippen molar-refractivity contribution in [3.63, 3.8) is 0 Å². The summed E-state index contributed by atoms with van der Waals surface area (Å²) in [4.78, 5) is 18.9. The molecule has 3 rings (SSSR count). The molecule has 0 N–H and O–H groups in total. The first kappa shape index (κ1) is 17.5. The van der Waals surface area contributed by atoms with Crippen molar-refractivity contribution in [3.05, 3.63) is 28.8 Å². The van der Waals surface area contributed by atoms with Gasteiger partial charge in [-0.25, -0.2) is 0 Å². The van der Waals surface area contributed by atoms with Crippen molar-refractivity contribution in [3.8, 4) is 5.75 Å². The maximum atomic E-state index is 12.2. The summed E-state index contributed by atoms with van der Waals surface area (Å²) in [7, 11) is 1.68. The minimum Gasteiger partial charge on any atom is -0.496 e. The highest BCUT2D eigenvalue weighted by molar-refractivity contribution is 6.30. The van der Waals surface area contributed by atoms with E-state index in [9.17, 15) is 4.79 Å². The highest BCUT2D eigenvalue weighted by Crippen LogP contribution is 2.24. The smallest absolute Gasteiger partial charge is 0.236 e. The van der Waals surface area contributed by atoms with Crippen LogP contribution in [0.25, 0.3) is 0 Å². The van der Waals surface area contributed by atoms with Gasteiger partial charge < -0.3 is 9.64 Å². The van der Waals surface area contributed by atoms with Gasteiger partial charge in [0.15, 0.2) is 0 Å². The molecule has 2 aliphatic rings. The summed E-state index contributed by atoms with van der Waals surface area (Å²) >= 11 is 6.02. The Hall–Kier alpha value is -1.30. The first-order valence-electron chi connectivity index (χ1n) is 8.70. The van der Waals surface area contributed by atoms with E-state index in [1.165, 1.54) is 0 Å². The zero-order valence-corrected chi connectivity index (χ0v) is 15.1. The lowest BCUT2D eigenvalue weighted by atomic mass is 10.1. The molecule has 1 aromatic rings. The first-order chi connectivity index (χ1) is 11.7. The fraction of sp³-hybridized carbons (Fsp3) is 0.611. The normalized spacial score (nSPS) is 19.7. The lowest BCUT2D eigenvalue weighted by Crippen LogP contribution is -2.49. The molecule has 1 aromatic carbocycles. The highest BCUT2D eigenvalue weighted by Gasteiger charge is 2.23. The molecule has 0 atom stereocenters. The van der Waals surface area contributed by atoms with Crippen molar-refractivity contribution in [2.75, 3.05) is 52.9 Å². The van der Waals surface area contributed by atoms with Gasteiger partial charge >= 0.3 is 0 Å². The number of hydrogen-bond donors (Lipinski definition) is 0. The lowest BCUT2D eigenvalue weighted by Gasteiger charge is -2.35. The molecule has 0 aliphatic carbocycles. The highest BCUT2D eigenvalue weighted by atomic mass is 35.5. The number of methoxy groups -OCH3 is 1. The summed E-state index contributed by atoms with van der Waals surface area (Å²) in [6, 6.07) is 5.80. The Kier molecular flexibility index (Phi) is 5.98. The summed E-state index contributed by atoms with van der Waals surface area (Å²) < 4.78 is 5.43. The Labute approximate surface area is 149 Å². The van der Waals surface area contributed by atoms with Gasteiger partial charge in [-0.15, -0.1) is 0 Å². The van der Waals surface area contributed by atoms with Gasteiger partial charge in [0.2, 0.25) is 5.91 Å². The van der Waals surface area contributed by atoms with Crippen LogP contribution in [0.5, 0.6) is 5.75 Å². The van der Waals surface area contributed by atoms with Crippen molar-refractivity contribution in [1.29, 1.82) is 0 Å². The Balaban J connectivity index is 1.47. The van der Waals surface area contributed by atoms with E-state index < -0.39 is 0 Å². The summed E-state index contributed by atoms with van der Waals surface area (Å²) in [5.74, 6) is 1.13. The Morgan fingerprint density at radius 3 is 2.42 bits per heavy atom. The van der Waals surface area contributed by atoms with Gasteiger partial charge in [0.1, 0.15) is 5.75 Å². The van der Waals surface area contributed by atoms with Gasteiger partial charge in [-0.05, 0) is 25.0 Å². The zero-order chi connectivity index (χ0) is 16.9. The molecule has 2 saturated heterocycles. The van der Waals surface area contributed by atoms with Gasteiger partial charge in [-0.2, -0.15) is 0 Å². The number of carbonyl (C=O) groups excluding carboxylic acids is 1. The molecule has 2 aliphatic heterocycles. The molecule has 2 heterocycles. The number of likely N-dealkylation sites (tertiary alicyclic amines) is 1. The third kappa shape index (κ3) is 4.41. The standard InChI is InChI=1S/C18H26ClN3O2/c1-24-17-12-16(19)5-4-15(17)13-20-8-10-21(11-9-20)14-18(23)22-6-2-3-7-22/h4-5,12H,2-3,6-11,13-14H2,1H3. The number of ether oxygens (including phenoxy) is 1. The van der Waals surface area contributed by atoms with Gasteiger partial charge in [-0.3, -0.25) is 14.6 Å². The van der Waals surface area contributed by atoms with Crippen LogP contribution >= 0.6 is 11.6 Å². The molecule has 0 saturated carbocycles. The van der Waals surface area contributed by atoms with Crippen molar-refractivity contribution >= 4 is 17.5 Å². The first-order valence-corrected chi connectivity index (χ1v) is 9.08. The van der Waals surface area contributed by atoms with E-state index >= 15 is 0 Å². The molecule has 24 heavy (non-hydrogen) atoms. The van der Waals surface area contributed by atoms with E-state index in [-0.39, 0.29) is 0 Å². The second-order valence-corrected chi connectivity index (χ2v) is 7.03. The largest absolute Gasteiger partial charge is 0.496 e. The maximum Gasteiger partial charge on any atom is 0.236 e. The number of rotatable bonds is 5. The molecule has 0 aromatic heterocycles. The van der Waals surface area contributed by atoms with Gasteiger partial charge in [-0.1, -0.05) is 17.7 Å². The molecular formula is C18H26ClN3O2. The summed E-state index contributed by atoms with van der Waals surface area (Å²) in [6.07, 6.45) is 2.31. The number of hydrogen-bond acceptors (Lipinski definition) is 4. The Bertz CT molecular complexity index is 567. The second-order valence-electron chi connectivity index (χ2n) is 6.60. The topological polar surface area (TPSA) is 36.0 Å². The van der Waals surface area contributed by atoms with E-state index in [1.54, 1.807) is 7.11 Å². The predicted molar refractivity (Wildman–Crippen MR) is 95.5 cm³/mol. The van der Waals surface area contributed by atoms with Crippen molar-refractivity contribution < 1.29 is 9.53 Å². The minimum absolute atomic E-state index is 0.292. The second kappa shape index (κ2) is 8.19. The van der Waals surface area contributed by atoms with Crippen LogP contribution in [-0.4, -0.2) is 73.5 Å². The molecule has 132 valence electrons. The zero-order valence-electron chi connectivity index (χ0n) is 14.3. The molecule has 1 amide bonds. The Morgan fingerprint density at radius 1 is 1.08 bits per heavy atom. The summed E-state index contributed by atoms with van der Waals surface area (Å²) in [6.45, 7) is 7.12. The van der Waals surface area contributed by atoms with Crippen LogP contribution in [0, 0.1) is 0 Å². The molecule has 5 nitrogen and oxygen atoms in total. The predicted octanol–water partition coefficient (Wildman–Crippen LogP) is 2.09. The molecule has 0 radical (unpaired) electrons. The van der Waals surface area contributed by atoms with Crippen LogP contribution in [0.1, 0.15) is 18.4 Å². The lowest BCUT2D eigenvalue weighted by molar-refractivity contribution is -0.131. The quantitative estimate of drug-likeness (QED) is 0.814.